The molecule has 1 atom stereocenters. The number of ether oxygens (including phenoxy) is 2. The standard InChI is InChI=1S/C15H18FNO5/c1-21-11-6-5-10(16)12(13(11)22-2)14(18)17-7-3-4-9(8-17)15(19)20/h5-6,9H,3-4,7-8H2,1-2H3,(H,19,20). The SMILES string of the molecule is COc1ccc(F)c(C(=O)N2CCCC(C(=O)O)C2)c1OC. The van der Waals surface area contributed by atoms with Crippen LogP contribution >= 0.6 is 0 Å². The molecule has 7 heteroatoms. The van der Waals surface area contributed by atoms with Gasteiger partial charge in [0, 0.05) is 13.1 Å². The predicted molar refractivity (Wildman–Crippen MR) is 75.8 cm³/mol. The van der Waals surface area contributed by atoms with Crippen LogP contribution in [0.15, 0.2) is 12.1 Å². The molecule has 0 bridgehead atoms. The van der Waals surface area contributed by atoms with E-state index in [0.29, 0.717) is 19.4 Å². The van der Waals surface area contributed by atoms with Crippen molar-refractivity contribution >= 4 is 11.9 Å². The molecule has 1 N–H and O–H groups in total. The zero-order valence-corrected chi connectivity index (χ0v) is 12.5. The van der Waals surface area contributed by atoms with E-state index in [0.717, 1.165) is 6.07 Å². The Balaban J connectivity index is 2.34. The van der Waals surface area contributed by atoms with Gasteiger partial charge in [-0.05, 0) is 25.0 Å². The van der Waals surface area contributed by atoms with Crippen LogP contribution in [-0.4, -0.2) is 49.2 Å². The normalized spacial score (nSPS) is 18.0. The molecule has 1 unspecified atom stereocenters. The van der Waals surface area contributed by atoms with Crippen molar-refractivity contribution in [3.05, 3.63) is 23.5 Å². The van der Waals surface area contributed by atoms with Crippen molar-refractivity contribution in [3.63, 3.8) is 0 Å². The van der Waals surface area contributed by atoms with Crippen LogP contribution < -0.4 is 9.47 Å². The highest BCUT2D eigenvalue weighted by atomic mass is 19.1. The monoisotopic (exact) mass is 311 g/mol. The fraction of sp³-hybridized carbons (Fsp3) is 0.467. The number of nitrogens with zero attached hydrogens (tertiary/aromatic N) is 1. The van der Waals surface area contributed by atoms with Crippen molar-refractivity contribution in [2.75, 3.05) is 27.3 Å². The molecule has 1 aliphatic heterocycles. The molecule has 1 heterocycles. The zero-order chi connectivity index (χ0) is 16.3. The first-order valence-electron chi connectivity index (χ1n) is 6.92. The van der Waals surface area contributed by atoms with E-state index in [4.69, 9.17) is 14.6 Å². The summed E-state index contributed by atoms with van der Waals surface area (Å²) in [5, 5.41) is 9.09. The number of carbonyl (C=O) groups excluding carboxylic acids is 1. The van der Waals surface area contributed by atoms with Gasteiger partial charge >= 0.3 is 5.97 Å². The van der Waals surface area contributed by atoms with Crippen LogP contribution in [0.5, 0.6) is 11.5 Å². The largest absolute Gasteiger partial charge is 0.493 e. The van der Waals surface area contributed by atoms with Gasteiger partial charge in [-0.15, -0.1) is 0 Å². The van der Waals surface area contributed by atoms with Gasteiger partial charge in [0.15, 0.2) is 11.5 Å². The van der Waals surface area contributed by atoms with Gasteiger partial charge in [-0.1, -0.05) is 0 Å². The summed E-state index contributed by atoms with van der Waals surface area (Å²) in [6.07, 6.45) is 1.08. The van der Waals surface area contributed by atoms with Gasteiger partial charge in [0.05, 0.1) is 20.1 Å². The summed E-state index contributed by atoms with van der Waals surface area (Å²) in [5.41, 5.74) is -0.229. The fourth-order valence-electron chi connectivity index (χ4n) is 2.62. The topological polar surface area (TPSA) is 76.1 Å². The Bertz CT molecular complexity index is 590. The molecule has 0 aliphatic carbocycles. The number of amides is 1. The maximum Gasteiger partial charge on any atom is 0.308 e. The van der Waals surface area contributed by atoms with E-state index >= 15 is 0 Å². The molecule has 1 aromatic carbocycles. The molecule has 1 aliphatic rings. The lowest BCUT2D eigenvalue weighted by atomic mass is 9.97. The first-order chi connectivity index (χ1) is 10.5. The fourth-order valence-corrected chi connectivity index (χ4v) is 2.62. The second-order valence-electron chi connectivity index (χ2n) is 5.09. The maximum atomic E-state index is 14.1. The minimum absolute atomic E-state index is 0.0185. The molecule has 6 nitrogen and oxygen atoms in total. The molecule has 1 fully saturated rings. The summed E-state index contributed by atoms with van der Waals surface area (Å²) in [7, 11) is 2.72. The third-order valence-corrected chi connectivity index (χ3v) is 3.77. The van der Waals surface area contributed by atoms with Gasteiger partial charge in [0.25, 0.3) is 5.91 Å². The Morgan fingerprint density at radius 2 is 2.05 bits per heavy atom. The first kappa shape index (κ1) is 16.1. The first-order valence-corrected chi connectivity index (χ1v) is 6.92. The highest BCUT2D eigenvalue weighted by Gasteiger charge is 2.32. The lowest BCUT2D eigenvalue weighted by Gasteiger charge is -2.31. The van der Waals surface area contributed by atoms with Crippen molar-refractivity contribution in [1.29, 1.82) is 0 Å². The zero-order valence-electron chi connectivity index (χ0n) is 12.5. The molecule has 1 aromatic rings. The number of rotatable bonds is 4. The Hall–Kier alpha value is -2.31. The molecule has 0 radical (unpaired) electrons. The average molecular weight is 311 g/mol. The van der Waals surface area contributed by atoms with Gasteiger partial charge in [0.1, 0.15) is 11.4 Å². The highest BCUT2D eigenvalue weighted by Crippen LogP contribution is 2.34. The molecule has 0 spiro atoms. The summed E-state index contributed by atoms with van der Waals surface area (Å²) in [4.78, 5) is 25.0. The molecule has 2 rings (SSSR count). The number of carboxylic acids is 1. The van der Waals surface area contributed by atoms with Crippen LogP contribution in [0, 0.1) is 11.7 Å². The van der Waals surface area contributed by atoms with Gasteiger partial charge in [-0.3, -0.25) is 9.59 Å². The van der Waals surface area contributed by atoms with E-state index < -0.39 is 23.6 Å². The average Bonchev–Trinajstić information content (AvgIpc) is 2.53. The molecule has 120 valence electrons. The molecule has 1 saturated heterocycles. The molecular weight excluding hydrogens is 293 g/mol. The predicted octanol–water partition coefficient (Wildman–Crippen LogP) is 1.78. The number of halogens is 1. The second kappa shape index (κ2) is 6.64. The Kier molecular flexibility index (Phi) is 4.85. The summed E-state index contributed by atoms with van der Waals surface area (Å²) < 4.78 is 24.3. The molecule has 22 heavy (non-hydrogen) atoms. The summed E-state index contributed by atoms with van der Waals surface area (Å²) in [6.45, 7) is 0.455. The number of hydrogen-bond donors (Lipinski definition) is 1. The van der Waals surface area contributed by atoms with E-state index in [9.17, 15) is 14.0 Å². The van der Waals surface area contributed by atoms with E-state index in [-0.39, 0.29) is 23.6 Å². The van der Waals surface area contributed by atoms with Crippen molar-refractivity contribution in [2.24, 2.45) is 5.92 Å². The van der Waals surface area contributed by atoms with Crippen LogP contribution in [0.4, 0.5) is 4.39 Å². The smallest absolute Gasteiger partial charge is 0.308 e. The van der Waals surface area contributed by atoms with Crippen LogP contribution in [-0.2, 0) is 4.79 Å². The van der Waals surface area contributed by atoms with Gasteiger partial charge in [-0.25, -0.2) is 4.39 Å². The second-order valence-corrected chi connectivity index (χ2v) is 5.09. The third kappa shape index (κ3) is 2.98. The number of benzene rings is 1. The van der Waals surface area contributed by atoms with Crippen LogP contribution in [0.3, 0.4) is 0 Å². The van der Waals surface area contributed by atoms with Gasteiger partial charge in [0.2, 0.25) is 0 Å². The van der Waals surface area contributed by atoms with Crippen LogP contribution in [0.1, 0.15) is 23.2 Å². The third-order valence-electron chi connectivity index (χ3n) is 3.77. The van der Waals surface area contributed by atoms with E-state index in [1.807, 2.05) is 0 Å². The number of carbonyl (C=O) groups is 2. The van der Waals surface area contributed by atoms with Crippen LogP contribution in [0.25, 0.3) is 0 Å². The molecular formula is C15H18FNO5. The number of methoxy groups -OCH3 is 2. The maximum absolute atomic E-state index is 14.1. The summed E-state index contributed by atoms with van der Waals surface area (Å²) in [5.74, 6) is -2.61. The van der Waals surface area contributed by atoms with Gasteiger partial charge < -0.3 is 19.5 Å². The lowest BCUT2D eigenvalue weighted by Crippen LogP contribution is -2.42. The van der Waals surface area contributed by atoms with Crippen molar-refractivity contribution in [1.82, 2.24) is 4.90 Å². The Morgan fingerprint density at radius 1 is 1.32 bits per heavy atom. The van der Waals surface area contributed by atoms with E-state index in [2.05, 4.69) is 0 Å². The number of aliphatic carboxylic acids is 1. The number of carboxylic acid groups (broad SMARTS) is 1. The minimum Gasteiger partial charge on any atom is -0.493 e. The van der Waals surface area contributed by atoms with E-state index in [1.54, 1.807) is 0 Å². The van der Waals surface area contributed by atoms with Gasteiger partial charge in [-0.2, -0.15) is 0 Å². The van der Waals surface area contributed by atoms with Crippen molar-refractivity contribution < 1.29 is 28.6 Å². The molecule has 0 aromatic heterocycles. The minimum atomic E-state index is -0.949. The van der Waals surface area contributed by atoms with Crippen LogP contribution in [0.2, 0.25) is 0 Å². The summed E-state index contributed by atoms with van der Waals surface area (Å²) >= 11 is 0. The lowest BCUT2D eigenvalue weighted by molar-refractivity contribution is -0.143. The van der Waals surface area contributed by atoms with Crippen molar-refractivity contribution in [2.45, 2.75) is 12.8 Å². The highest BCUT2D eigenvalue weighted by molar-refractivity contribution is 5.98. The molecule has 1 amide bonds. The Morgan fingerprint density at radius 3 is 2.64 bits per heavy atom. The number of likely N-dealkylation sites (tertiary alicyclic amines) is 1. The van der Waals surface area contributed by atoms with Crippen molar-refractivity contribution in [3.8, 4) is 11.5 Å². The quantitative estimate of drug-likeness (QED) is 0.917. The Labute approximate surface area is 127 Å². The molecule has 0 saturated carbocycles. The summed E-state index contributed by atoms with van der Waals surface area (Å²) in [6, 6.07) is 2.51. The number of hydrogen-bond acceptors (Lipinski definition) is 4. The number of piperidine rings is 1. The van der Waals surface area contributed by atoms with E-state index in [1.165, 1.54) is 25.2 Å².